The zero-order chi connectivity index (χ0) is 13.1. The summed E-state index contributed by atoms with van der Waals surface area (Å²) in [4.78, 5) is 12.9. The molecule has 0 bridgehead atoms. The highest BCUT2D eigenvalue weighted by molar-refractivity contribution is 5.69. The van der Waals surface area contributed by atoms with Gasteiger partial charge in [-0.1, -0.05) is 13.8 Å². The molecule has 1 aliphatic heterocycles. The van der Waals surface area contributed by atoms with E-state index < -0.39 is 5.97 Å². The van der Waals surface area contributed by atoms with Gasteiger partial charge in [0.15, 0.2) is 0 Å². The Morgan fingerprint density at radius 1 is 1.61 bits per heavy atom. The van der Waals surface area contributed by atoms with E-state index in [0.717, 1.165) is 31.6 Å². The minimum absolute atomic E-state index is 0.123. The standard InChI is InChI=1S/C13H21N3O2/c1-10(2)8-16-12(5-6-14-16)11-4-3-7-15(11)9-13(17)18/h5-6,10-11H,3-4,7-9H2,1-2H3,(H,17,18)/t11-/m1/s1. The Kier molecular flexibility index (Phi) is 4.01. The zero-order valence-corrected chi connectivity index (χ0v) is 11.0. The van der Waals surface area contributed by atoms with Crippen molar-refractivity contribution in [3.05, 3.63) is 18.0 Å². The number of hydrogen-bond acceptors (Lipinski definition) is 3. The van der Waals surface area contributed by atoms with Gasteiger partial charge in [-0.25, -0.2) is 0 Å². The van der Waals surface area contributed by atoms with Crippen LogP contribution in [0.5, 0.6) is 0 Å². The fourth-order valence-corrected chi connectivity index (χ4v) is 2.65. The normalized spacial score (nSPS) is 20.7. The van der Waals surface area contributed by atoms with Crippen molar-refractivity contribution < 1.29 is 9.90 Å². The van der Waals surface area contributed by atoms with Gasteiger partial charge in [0.25, 0.3) is 0 Å². The average molecular weight is 251 g/mol. The van der Waals surface area contributed by atoms with Gasteiger partial charge in [0.2, 0.25) is 0 Å². The summed E-state index contributed by atoms with van der Waals surface area (Å²) in [6, 6.07) is 2.23. The third-order valence-electron chi connectivity index (χ3n) is 3.33. The first-order valence-electron chi connectivity index (χ1n) is 6.55. The molecule has 0 aromatic carbocycles. The number of aromatic nitrogens is 2. The fourth-order valence-electron chi connectivity index (χ4n) is 2.65. The van der Waals surface area contributed by atoms with Gasteiger partial charge in [-0.15, -0.1) is 0 Å². The Labute approximate surface area is 107 Å². The molecule has 2 heterocycles. The smallest absolute Gasteiger partial charge is 0.317 e. The lowest BCUT2D eigenvalue weighted by Crippen LogP contribution is -2.30. The van der Waals surface area contributed by atoms with Gasteiger partial charge in [0.05, 0.1) is 18.3 Å². The van der Waals surface area contributed by atoms with Crippen LogP contribution in [-0.4, -0.2) is 38.8 Å². The summed E-state index contributed by atoms with van der Waals surface area (Å²) in [6.07, 6.45) is 3.90. The lowest BCUT2D eigenvalue weighted by atomic mass is 10.1. The lowest BCUT2D eigenvalue weighted by molar-refractivity contribution is -0.138. The third-order valence-corrected chi connectivity index (χ3v) is 3.33. The van der Waals surface area contributed by atoms with Crippen LogP contribution in [0.1, 0.15) is 38.4 Å². The molecule has 2 rings (SSSR count). The quantitative estimate of drug-likeness (QED) is 0.866. The molecule has 0 aliphatic carbocycles. The summed E-state index contributed by atoms with van der Waals surface area (Å²) in [5, 5.41) is 13.3. The molecule has 0 saturated carbocycles. The Morgan fingerprint density at radius 2 is 2.39 bits per heavy atom. The van der Waals surface area contributed by atoms with Gasteiger partial charge in [0.1, 0.15) is 0 Å². The second-order valence-corrected chi connectivity index (χ2v) is 5.35. The largest absolute Gasteiger partial charge is 0.480 e. The third kappa shape index (κ3) is 2.90. The summed E-state index contributed by atoms with van der Waals surface area (Å²) in [6.45, 7) is 6.20. The number of carboxylic acids is 1. The van der Waals surface area contributed by atoms with Gasteiger partial charge in [-0.2, -0.15) is 5.10 Å². The first kappa shape index (κ1) is 13.1. The van der Waals surface area contributed by atoms with Crippen LogP contribution in [0.2, 0.25) is 0 Å². The van der Waals surface area contributed by atoms with E-state index in [1.165, 1.54) is 0 Å². The van der Waals surface area contributed by atoms with Crippen molar-refractivity contribution in [1.82, 2.24) is 14.7 Å². The maximum Gasteiger partial charge on any atom is 0.317 e. The highest BCUT2D eigenvalue weighted by Gasteiger charge is 2.29. The SMILES string of the molecule is CC(C)Cn1nccc1[C@H]1CCCN1CC(=O)O. The number of hydrogen-bond donors (Lipinski definition) is 1. The summed E-state index contributed by atoms with van der Waals surface area (Å²) < 4.78 is 2.02. The Hall–Kier alpha value is -1.36. The monoisotopic (exact) mass is 251 g/mol. The summed E-state index contributed by atoms with van der Waals surface area (Å²) >= 11 is 0. The number of carboxylic acid groups (broad SMARTS) is 1. The van der Waals surface area contributed by atoms with Crippen molar-refractivity contribution >= 4 is 5.97 Å². The van der Waals surface area contributed by atoms with Crippen LogP contribution in [0, 0.1) is 5.92 Å². The first-order valence-corrected chi connectivity index (χ1v) is 6.55. The topological polar surface area (TPSA) is 58.4 Å². The number of aliphatic carboxylic acids is 1. The van der Waals surface area contributed by atoms with Gasteiger partial charge in [-0.3, -0.25) is 14.4 Å². The minimum atomic E-state index is -0.753. The fraction of sp³-hybridized carbons (Fsp3) is 0.692. The Bertz CT molecular complexity index is 414. The predicted octanol–water partition coefficient (Wildman–Crippen LogP) is 1.76. The van der Waals surface area contributed by atoms with Gasteiger partial charge in [-0.05, 0) is 31.4 Å². The van der Waals surface area contributed by atoms with Crippen molar-refractivity contribution in [3.8, 4) is 0 Å². The summed E-state index contributed by atoms with van der Waals surface area (Å²) in [5.74, 6) is -0.213. The van der Waals surface area contributed by atoms with Gasteiger partial charge in [0, 0.05) is 12.7 Å². The van der Waals surface area contributed by atoms with Crippen LogP contribution in [0.3, 0.4) is 0 Å². The molecule has 5 heteroatoms. The molecule has 1 saturated heterocycles. The van der Waals surface area contributed by atoms with Crippen molar-refractivity contribution in [2.75, 3.05) is 13.1 Å². The van der Waals surface area contributed by atoms with Crippen LogP contribution >= 0.6 is 0 Å². The molecule has 1 aromatic rings. The molecular weight excluding hydrogens is 230 g/mol. The molecule has 5 nitrogen and oxygen atoms in total. The predicted molar refractivity (Wildman–Crippen MR) is 68.2 cm³/mol. The lowest BCUT2D eigenvalue weighted by Gasteiger charge is -2.23. The molecule has 1 aliphatic rings. The first-order chi connectivity index (χ1) is 8.58. The van der Waals surface area contributed by atoms with Crippen molar-refractivity contribution in [1.29, 1.82) is 0 Å². The molecule has 0 unspecified atom stereocenters. The molecule has 1 N–H and O–H groups in total. The summed E-state index contributed by atoms with van der Waals surface area (Å²) in [5.41, 5.74) is 1.16. The van der Waals surface area contributed by atoms with Gasteiger partial charge >= 0.3 is 5.97 Å². The van der Waals surface area contributed by atoms with Crippen LogP contribution < -0.4 is 0 Å². The van der Waals surface area contributed by atoms with Crippen LogP contribution in [-0.2, 0) is 11.3 Å². The number of likely N-dealkylation sites (tertiary alicyclic amines) is 1. The van der Waals surface area contributed by atoms with E-state index in [-0.39, 0.29) is 12.6 Å². The van der Waals surface area contributed by atoms with Crippen molar-refractivity contribution in [2.24, 2.45) is 5.92 Å². The average Bonchev–Trinajstić information content (AvgIpc) is 2.85. The Morgan fingerprint density at radius 3 is 3.06 bits per heavy atom. The molecular formula is C13H21N3O2. The maximum absolute atomic E-state index is 10.9. The van der Waals surface area contributed by atoms with E-state index in [9.17, 15) is 4.79 Å². The van der Waals surface area contributed by atoms with E-state index in [4.69, 9.17) is 5.11 Å². The van der Waals surface area contributed by atoms with E-state index in [1.54, 1.807) is 0 Å². The van der Waals surface area contributed by atoms with E-state index in [0.29, 0.717) is 5.92 Å². The van der Waals surface area contributed by atoms with E-state index in [2.05, 4.69) is 18.9 Å². The molecule has 100 valence electrons. The molecule has 1 fully saturated rings. The van der Waals surface area contributed by atoms with Gasteiger partial charge < -0.3 is 5.11 Å². The van der Waals surface area contributed by atoms with E-state index >= 15 is 0 Å². The number of nitrogens with zero attached hydrogens (tertiary/aromatic N) is 3. The Balaban J connectivity index is 2.14. The molecule has 0 amide bonds. The zero-order valence-electron chi connectivity index (χ0n) is 11.0. The van der Waals surface area contributed by atoms with Crippen molar-refractivity contribution in [3.63, 3.8) is 0 Å². The van der Waals surface area contributed by atoms with E-state index in [1.807, 2.05) is 21.8 Å². The molecule has 18 heavy (non-hydrogen) atoms. The molecule has 1 aromatic heterocycles. The molecule has 1 atom stereocenters. The second-order valence-electron chi connectivity index (χ2n) is 5.35. The minimum Gasteiger partial charge on any atom is -0.480 e. The maximum atomic E-state index is 10.9. The highest BCUT2D eigenvalue weighted by atomic mass is 16.4. The van der Waals surface area contributed by atoms with Crippen LogP contribution in [0.25, 0.3) is 0 Å². The van der Waals surface area contributed by atoms with Crippen molar-refractivity contribution in [2.45, 2.75) is 39.3 Å². The second kappa shape index (κ2) is 5.52. The van der Waals surface area contributed by atoms with Crippen LogP contribution in [0.4, 0.5) is 0 Å². The van der Waals surface area contributed by atoms with Crippen LogP contribution in [0.15, 0.2) is 12.3 Å². The molecule has 0 spiro atoms. The molecule has 0 radical (unpaired) electrons. The number of carbonyl (C=O) groups is 1. The number of rotatable bonds is 5. The summed E-state index contributed by atoms with van der Waals surface area (Å²) in [7, 11) is 0. The highest BCUT2D eigenvalue weighted by Crippen LogP contribution is 2.31.